The third-order valence-electron chi connectivity index (χ3n) is 2.26. The Hall–Kier alpha value is -0.160. The SMILES string of the molecule is NC(CCO)(CCO)CC1CO1. The molecule has 0 aromatic carbocycles. The summed E-state index contributed by atoms with van der Waals surface area (Å²) in [5.41, 5.74) is 5.52. The summed E-state index contributed by atoms with van der Waals surface area (Å²) < 4.78 is 5.05. The lowest BCUT2D eigenvalue weighted by atomic mass is 9.88. The first-order valence-electron chi connectivity index (χ1n) is 4.32. The van der Waals surface area contributed by atoms with Crippen LogP contribution in [0.25, 0.3) is 0 Å². The first kappa shape index (κ1) is 9.92. The lowest BCUT2D eigenvalue weighted by Crippen LogP contribution is -2.43. The Morgan fingerprint density at radius 2 is 1.83 bits per heavy atom. The standard InChI is InChI=1S/C8H17NO3/c9-8(1-3-10,2-4-11)5-7-6-12-7/h7,10-11H,1-6,9H2. The molecule has 1 saturated heterocycles. The van der Waals surface area contributed by atoms with Gasteiger partial charge in [-0.15, -0.1) is 0 Å². The van der Waals surface area contributed by atoms with Gasteiger partial charge in [-0.25, -0.2) is 0 Å². The van der Waals surface area contributed by atoms with E-state index in [-0.39, 0.29) is 19.3 Å². The van der Waals surface area contributed by atoms with Crippen LogP contribution in [0.2, 0.25) is 0 Å². The molecule has 1 fully saturated rings. The predicted molar refractivity (Wildman–Crippen MR) is 44.7 cm³/mol. The third kappa shape index (κ3) is 3.06. The molecular weight excluding hydrogens is 158 g/mol. The lowest BCUT2D eigenvalue weighted by molar-refractivity contribution is 0.177. The second-order valence-electron chi connectivity index (χ2n) is 3.47. The largest absolute Gasteiger partial charge is 0.396 e. The molecule has 0 radical (unpaired) electrons. The van der Waals surface area contributed by atoms with Gasteiger partial charge in [0, 0.05) is 18.8 Å². The van der Waals surface area contributed by atoms with Gasteiger partial charge in [-0.05, 0) is 19.3 Å². The second kappa shape index (κ2) is 4.18. The fourth-order valence-corrected chi connectivity index (χ4v) is 1.41. The van der Waals surface area contributed by atoms with Gasteiger partial charge in [0.25, 0.3) is 0 Å². The number of ether oxygens (including phenoxy) is 1. The van der Waals surface area contributed by atoms with Gasteiger partial charge in [-0.3, -0.25) is 0 Å². The molecule has 72 valence electrons. The zero-order chi connectivity index (χ0) is 9.03. The number of hydrogen-bond donors (Lipinski definition) is 3. The van der Waals surface area contributed by atoms with Crippen LogP contribution in [0.3, 0.4) is 0 Å². The van der Waals surface area contributed by atoms with E-state index in [0.29, 0.717) is 12.8 Å². The van der Waals surface area contributed by atoms with Crippen LogP contribution in [-0.2, 0) is 4.74 Å². The normalized spacial score (nSPS) is 22.8. The van der Waals surface area contributed by atoms with Gasteiger partial charge in [0.15, 0.2) is 0 Å². The number of hydrogen-bond acceptors (Lipinski definition) is 4. The molecule has 4 nitrogen and oxygen atoms in total. The van der Waals surface area contributed by atoms with Crippen LogP contribution in [0.15, 0.2) is 0 Å². The summed E-state index contributed by atoms with van der Waals surface area (Å²) >= 11 is 0. The first-order valence-corrected chi connectivity index (χ1v) is 4.32. The van der Waals surface area contributed by atoms with Crippen molar-refractivity contribution in [1.82, 2.24) is 0 Å². The molecule has 0 aromatic rings. The fraction of sp³-hybridized carbons (Fsp3) is 1.00. The number of aliphatic hydroxyl groups is 2. The molecule has 0 spiro atoms. The monoisotopic (exact) mass is 175 g/mol. The zero-order valence-corrected chi connectivity index (χ0v) is 7.20. The van der Waals surface area contributed by atoms with Crippen LogP contribution in [0.1, 0.15) is 19.3 Å². The fourth-order valence-electron chi connectivity index (χ4n) is 1.41. The Labute approximate surface area is 72.3 Å². The van der Waals surface area contributed by atoms with Gasteiger partial charge in [-0.1, -0.05) is 0 Å². The van der Waals surface area contributed by atoms with Crippen molar-refractivity contribution in [2.75, 3.05) is 19.8 Å². The van der Waals surface area contributed by atoms with Crippen molar-refractivity contribution >= 4 is 0 Å². The Morgan fingerprint density at radius 3 is 2.17 bits per heavy atom. The zero-order valence-electron chi connectivity index (χ0n) is 7.20. The summed E-state index contributed by atoms with van der Waals surface area (Å²) in [6, 6.07) is 0. The van der Waals surface area contributed by atoms with Crippen LogP contribution in [0, 0.1) is 0 Å². The molecule has 12 heavy (non-hydrogen) atoms. The maximum absolute atomic E-state index is 8.76. The average Bonchev–Trinajstić information content (AvgIpc) is 2.72. The van der Waals surface area contributed by atoms with Crippen LogP contribution >= 0.6 is 0 Å². The molecule has 0 aliphatic carbocycles. The highest BCUT2D eigenvalue weighted by Gasteiger charge is 2.34. The molecule has 4 heteroatoms. The van der Waals surface area contributed by atoms with E-state index in [0.717, 1.165) is 13.0 Å². The van der Waals surface area contributed by atoms with Crippen molar-refractivity contribution in [2.45, 2.75) is 30.9 Å². The maximum atomic E-state index is 8.76. The van der Waals surface area contributed by atoms with Gasteiger partial charge < -0.3 is 20.7 Å². The van der Waals surface area contributed by atoms with E-state index in [1.807, 2.05) is 0 Å². The number of nitrogens with two attached hydrogens (primary N) is 1. The second-order valence-corrected chi connectivity index (χ2v) is 3.47. The molecule has 0 saturated carbocycles. The van der Waals surface area contributed by atoms with Crippen molar-refractivity contribution in [2.24, 2.45) is 5.73 Å². The molecule has 0 amide bonds. The van der Waals surface area contributed by atoms with Crippen molar-refractivity contribution < 1.29 is 14.9 Å². The lowest BCUT2D eigenvalue weighted by Gasteiger charge is -2.27. The Bertz CT molecular complexity index is 130. The summed E-state index contributed by atoms with van der Waals surface area (Å²) in [5, 5.41) is 17.5. The summed E-state index contributed by atoms with van der Waals surface area (Å²) in [6.45, 7) is 0.919. The molecule has 4 N–H and O–H groups in total. The maximum Gasteiger partial charge on any atom is 0.0827 e. The van der Waals surface area contributed by atoms with Gasteiger partial charge >= 0.3 is 0 Å². The van der Waals surface area contributed by atoms with Gasteiger partial charge in [0.2, 0.25) is 0 Å². The van der Waals surface area contributed by atoms with E-state index in [1.165, 1.54) is 0 Å². The van der Waals surface area contributed by atoms with E-state index in [2.05, 4.69) is 0 Å². The van der Waals surface area contributed by atoms with Crippen molar-refractivity contribution in [1.29, 1.82) is 0 Å². The summed E-state index contributed by atoms with van der Waals surface area (Å²) in [7, 11) is 0. The Kier molecular flexibility index (Phi) is 3.46. The van der Waals surface area contributed by atoms with Gasteiger partial charge in [0.05, 0.1) is 12.7 Å². The topological polar surface area (TPSA) is 79.0 Å². The highest BCUT2D eigenvalue weighted by atomic mass is 16.6. The smallest absolute Gasteiger partial charge is 0.0827 e. The van der Waals surface area contributed by atoms with Crippen molar-refractivity contribution in [3.8, 4) is 0 Å². The average molecular weight is 175 g/mol. The van der Waals surface area contributed by atoms with E-state index >= 15 is 0 Å². The van der Waals surface area contributed by atoms with Crippen LogP contribution in [0.5, 0.6) is 0 Å². The number of epoxide rings is 1. The molecule has 1 unspecified atom stereocenters. The molecule has 1 atom stereocenters. The van der Waals surface area contributed by atoms with Crippen molar-refractivity contribution in [3.05, 3.63) is 0 Å². The quantitative estimate of drug-likeness (QED) is 0.463. The van der Waals surface area contributed by atoms with Gasteiger partial charge in [-0.2, -0.15) is 0 Å². The summed E-state index contributed by atoms with van der Waals surface area (Å²) in [6.07, 6.45) is 2.07. The van der Waals surface area contributed by atoms with Crippen LogP contribution in [0.4, 0.5) is 0 Å². The molecular formula is C8H17NO3. The minimum absolute atomic E-state index is 0.0726. The summed E-state index contributed by atoms with van der Waals surface area (Å²) in [4.78, 5) is 0. The molecule has 1 aliphatic heterocycles. The first-order chi connectivity index (χ1) is 5.70. The van der Waals surface area contributed by atoms with Crippen LogP contribution in [-0.4, -0.2) is 41.7 Å². The minimum Gasteiger partial charge on any atom is -0.396 e. The third-order valence-corrected chi connectivity index (χ3v) is 2.26. The molecule has 1 rings (SSSR count). The van der Waals surface area contributed by atoms with E-state index < -0.39 is 5.54 Å². The number of rotatable bonds is 6. The van der Waals surface area contributed by atoms with Gasteiger partial charge in [0.1, 0.15) is 0 Å². The molecule has 0 aromatic heterocycles. The highest BCUT2D eigenvalue weighted by molar-refractivity contribution is 4.89. The summed E-state index contributed by atoms with van der Waals surface area (Å²) in [5.74, 6) is 0. The Morgan fingerprint density at radius 1 is 1.33 bits per heavy atom. The molecule has 1 heterocycles. The minimum atomic E-state index is -0.440. The molecule has 1 aliphatic rings. The van der Waals surface area contributed by atoms with E-state index in [1.54, 1.807) is 0 Å². The van der Waals surface area contributed by atoms with E-state index in [9.17, 15) is 0 Å². The predicted octanol–water partition coefficient (Wildman–Crippen LogP) is -0.762. The molecule has 0 bridgehead atoms. The highest BCUT2D eigenvalue weighted by Crippen LogP contribution is 2.25. The van der Waals surface area contributed by atoms with E-state index in [4.69, 9.17) is 20.7 Å². The van der Waals surface area contributed by atoms with Crippen LogP contribution < -0.4 is 5.73 Å². The Balaban J connectivity index is 2.32. The number of aliphatic hydroxyl groups excluding tert-OH is 2. The van der Waals surface area contributed by atoms with Crippen molar-refractivity contribution in [3.63, 3.8) is 0 Å².